The van der Waals surface area contributed by atoms with Crippen molar-refractivity contribution < 1.29 is 4.79 Å². The van der Waals surface area contributed by atoms with E-state index in [0.717, 1.165) is 38.1 Å². The Morgan fingerprint density at radius 1 is 1.33 bits per heavy atom. The molecule has 0 aromatic carbocycles. The van der Waals surface area contributed by atoms with Crippen molar-refractivity contribution in [3.8, 4) is 0 Å². The van der Waals surface area contributed by atoms with Gasteiger partial charge >= 0.3 is 0 Å². The Bertz CT molecular complexity index is 347. The summed E-state index contributed by atoms with van der Waals surface area (Å²) in [4.78, 5) is 14.7. The first kappa shape index (κ1) is 16.8. The summed E-state index contributed by atoms with van der Waals surface area (Å²) in [5, 5.41) is 3.47. The van der Waals surface area contributed by atoms with Gasteiger partial charge in [-0.3, -0.25) is 4.79 Å². The van der Waals surface area contributed by atoms with E-state index in [4.69, 9.17) is 5.73 Å². The maximum atomic E-state index is 12.1. The molecule has 1 amide bonds. The van der Waals surface area contributed by atoms with Gasteiger partial charge in [-0.1, -0.05) is 20.3 Å². The molecular formula is C17H33N3O. The van der Waals surface area contributed by atoms with Crippen LogP contribution in [-0.2, 0) is 4.79 Å². The Hall–Kier alpha value is -0.610. The van der Waals surface area contributed by atoms with Gasteiger partial charge in [-0.25, -0.2) is 0 Å². The summed E-state index contributed by atoms with van der Waals surface area (Å²) < 4.78 is 0. The van der Waals surface area contributed by atoms with Gasteiger partial charge in [-0.15, -0.1) is 0 Å². The molecule has 2 aliphatic rings. The monoisotopic (exact) mass is 295 g/mol. The third-order valence-electron chi connectivity index (χ3n) is 5.44. The topological polar surface area (TPSA) is 58.4 Å². The Morgan fingerprint density at radius 2 is 2.14 bits per heavy atom. The zero-order chi connectivity index (χ0) is 15.3. The maximum Gasteiger partial charge on any atom is 0.237 e. The quantitative estimate of drug-likeness (QED) is 0.757. The summed E-state index contributed by atoms with van der Waals surface area (Å²) in [6.45, 7) is 7.72. The van der Waals surface area contributed by atoms with Gasteiger partial charge in [0.2, 0.25) is 5.91 Å². The number of nitrogens with zero attached hydrogens (tertiary/aromatic N) is 1. The van der Waals surface area contributed by atoms with Gasteiger partial charge in [-0.05, 0) is 64.0 Å². The van der Waals surface area contributed by atoms with E-state index in [9.17, 15) is 4.79 Å². The van der Waals surface area contributed by atoms with Crippen molar-refractivity contribution in [2.45, 2.75) is 76.8 Å². The van der Waals surface area contributed by atoms with Crippen LogP contribution in [0.3, 0.4) is 0 Å². The number of carbonyl (C=O) groups is 1. The molecule has 0 spiro atoms. The Labute approximate surface area is 129 Å². The minimum Gasteiger partial charge on any atom is -0.368 e. The minimum absolute atomic E-state index is 0.148. The fraction of sp³-hybridized carbons (Fsp3) is 0.941. The fourth-order valence-corrected chi connectivity index (χ4v) is 4.23. The Kier molecular flexibility index (Phi) is 6.06. The Morgan fingerprint density at radius 3 is 2.81 bits per heavy atom. The second kappa shape index (κ2) is 7.59. The van der Waals surface area contributed by atoms with Crippen LogP contribution in [0.25, 0.3) is 0 Å². The molecule has 1 heterocycles. The third kappa shape index (κ3) is 3.98. The molecule has 0 bridgehead atoms. The number of nitrogens with two attached hydrogens (primary N) is 1. The van der Waals surface area contributed by atoms with Crippen LogP contribution in [-0.4, -0.2) is 42.0 Å². The summed E-state index contributed by atoms with van der Waals surface area (Å²) in [7, 11) is 0. The minimum atomic E-state index is -0.457. The molecule has 21 heavy (non-hydrogen) atoms. The van der Waals surface area contributed by atoms with Crippen LogP contribution in [0.5, 0.6) is 0 Å². The molecule has 2 fully saturated rings. The lowest BCUT2D eigenvalue weighted by molar-refractivity contribution is -0.126. The number of hydrogen-bond donors (Lipinski definition) is 2. The highest BCUT2D eigenvalue weighted by atomic mass is 16.1. The normalized spacial score (nSPS) is 34.2. The highest BCUT2D eigenvalue weighted by Gasteiger charge is 2.43. The molecule has 1 saturated heterocycles. The maximum absolute atomic E-state index is 12.1. The first-order valence-electron chi connectivity index (χ1n) is 8.90. The molecule has 0 aromatic rings. The van der Waals surface area contributed by atoms with Gasteiger partial charge in [0.15, 0.2) is 0 Å². The van der Waals surface area contributed by atoms with Gasteiger partial charge in [0.05, 0.1) is 5.54 Å². The van der Waals surface area contributed by atoms with Crippen molar-refractivity contribution in [2.75, 3.05) is 19.6 Å². The predicted octanol–water partition coefficient (Wildman–Crippen LogP) is 2.27. The van der Waals surface area contributed by atoms with Crippen LogP contribution < -0.4 is 11.1 Å². The standard InChI is InChI=1S/C17H33N3O/c1-3-6-14-8-11-20(13-14)15-7-5-9-17(12-15,16(18)21)19-10-4-2/h14-15,19H,3-13H2,1-2H3,(H2,18,21). The molecule has 4 heteroatoms. The first-order chi connectivity index (χ1) is 10.1. The van der Waals surface area contributed by atoms with Gasteiger partial charge in [0.25, 0.3) is 0 Å². The predicted molar refractivity (Wildman–Crippen MR) is 87.1 cm³/mol. The average Bonchev–Trinajstić information content (AvgIpc) is 2.94. The SMILES string of the molecule is CCCNC1(C(N)=O)CCCC(N2CCC(CCC)C2)C1. The fourth-order valence-electron chi connectivity index (χ4n) is 4.23. The van der Waals surface area contributed by atoms with E-state index in [2.05, 4.69) is 24.1 Å². The summed E-state index contributed by atoms with van der Waals surface area (Å²) in [6.07, 6.45) is 9.15. The lowest BCUT2D eigenvalue weighted by Crippen LogP contribution is -2.60. The highest BCUT2D eigenvalue weighted by Crippen LogP contribution is 2.34. The molecule has 1 aliphatic carbocycles. The lowest BCUT2D eigenvalue weighted by Gasteiger charge is -2.42. The molecule has 3 N–H and O–H groups in total. The second-order valence-corrected chi connectivity index (χ2v) is 7.06. The van der Waals surface area contributed by atoms with Gasteiger partial charge in [0.1, 0.15) is 0 Å². The van der Waals surface area contributed by atoms with Crippen LogP contribution in [0.1, 0.15) is 65.2 Å². The lowest BCUT2D eigenvalue weighted by atomic mass is 9.77. The van der Waals surface area contributed by atoms with Gasteiger partial charge in [0, 0.05) is 12.6 Å². The number of likely N-dealkylation sites (tertiary alicyclic amines) is 1. The van der Waals surface area contributed by atoms with Gasteiger partial charge in [-0.2, -0.15) is 0 Å². The molecule has 0 radical (unpaired) electrons. The van der Waals surface area contributed by atoms with Crippen LogP contribution in [0, 0.1) is 5.92 Å². The number of carbonyl (C=O) groups excluding carboxylic acids is 1. The van der Waals surface area contributed by atoms with E-state index >= 15 is 0 Å². The van der Waals surface area contributed by atoms with E-state index in [1.165, 1.54) is 38.8 Å². The highest BCUT2D eigenvalue weighted by molar-refractivity contribution is 5.84. The number of primary amides is 1. The number of amides is 1. The second-order valence-electron chi connectivity index (χ2n) is 7.06. The third-order valence-corrected chi connectivity index (χ3v) is 5.44. The van der Waals surface area contributed by atoms with Crippen molar-refractivity contribution in [3.05, 3.63) is 0 Å². The largest absolute Gasteiger partial charge is 0.368 e. The van der Waals surface area contributed by atoms with Crippen molar-refractivity contribution in [2.24, 2.45) is 11.7 Å². The van der Waals surface area contributed by atoms with Crippen LogP contribution in [0.15, 0.2) is 0 Å². The van der Waals surface area contributed by atoms with Crippen molar-refractivity contribution in [1.29, 1.82) is 0 Å². The summed E-state index contributed by atoms with van der Waals surface area (Å²) in [6, 6.07) is 0.539. The average molecular weight is 295 g/mol. The molecule has 2 rings (SSSR count). The number of nitrogens with one attached hydrogen (secondary N) is 1. The molecule has 1 aliphatic heterocycles. The van der Waals surface area contributed by atoms with E-state index in [1.807, 2.05) is 0 Å². The molecule has 1 saturated carbocycles. The summed E-state index contributed by atoms with van der Waals surface area (Å²) in [5.74, 6) is 0.716. The van der Waals surface area contributed by atoms with Crippen molar-refractivity contribution in [1.82, 2.24) is 10.2 Å². The zero-order valence-electron chi connectivity index (χ0n) is 13.9. The number of hydrogen-bond acceptors (Lipinski definition) is 3. The van der Waals surface area contributed by atoms with E-state index in [1.54, 1.807) is 0 Å². The van der Waals surface area contributed by atoms with Crippen LogP contribution >= 0.6 is 0 Å². The van der Waals surface area contributed by atoms with Crippen molar-refractivity contribution in [3.63, 3.8) is 0 Å². The molecular weight excluding hydrogens is 262 g/mol. The van der Waals surface area contributed by atoms with E-state index < -0.39 is 5.54 Å². The van der Waals surface area contributed by atoms with E-state index in [-0.39, 0.29) is 5.91 Å². The van der Waals surface area contributed by atoms with Crippen LogP contribution in [0.4, 0.5) is 0 Å². The zero-order valence-corrected chi connectivity index (χ0v) is 13.9. The molecule has 0 aromatic heterocycles. The van der Waals surface area contributed by atoms with E-state index in [0.29, 0.717) is 6.04 Å². The summed E-state index contributed by atoms with van der Waals surface area (Å²) in [5.41, 5.74) is 5.30. The molecule has 4 nitrogen and oxygen atoms in total. The first-order valence-corrected chi connectivity index (χ1v) is 8.90. The smallest absolute Gasteiger partial charge is 0.237 e. The summed E-state index contributed by atoms with van der Waals surface area (Å²) >= 11 is 0. The van der Waals surface area contributed by atoms with Crippen LogP contribution in [0.2, 0.25) is 0 Å². The number of rotatable bonds is 7. The molecule has 122 valence electrons. The Balaban J connectivity index is 1.97. The molecule has 3 atom stereocenters. The molecule has 3 unspecified atom stereocenters. The van der Waals surface area contributed by atoms with Crippen molar-refractivity contribution >= 4 is 5.91 Å². The van der Waals surface area contributed by atoms with Gasteiger partial charge < -0.3 is 16.0 Å².